The summed E-state index contributed by atoms with van der Waals surface area (Å²) in [5.74, 6) is -2.72. The highest BCUT2D eigenvalue weighted by atomic mass is 19.4. The summed E-state index contributed by atoms with van der Waals surface area (Å²) in [6.07, 6.45) is -5.97. The molecule has 3 aromatic carbocycles. The molecule has 0 aromatic heterocycles. The second-order valence-corrected chi connectivity index (χ2v) is 11.8. The van der Waals surface area contributed by atoms with Gasteiger partial charge in [-0.05, 0) is 48.7 Å². The molecule has 8 nitrogen and oxygen atoms in total. The van der Waals surface area contributed by atoms with Crippen LogP contribution in [0.3, 0.4) is 0 Å². The zero-order valence-corrected chi connectivity index (χ0v) is 25.2. The van der Waals surface area contributed by atoms with E-state index in [1.54, 1.807) is 18.2 Å². The van der Waals surface area contributed by atoms with Crippen LogP contribution < -0.4 is 5.32 Å². The topological polar surface area (TPSA) is 91.3 Å². The van der Waals surface area contributed by atoms with E-state index in [1.807, 2.05) is 55.6 Å². The number of alkyl halides is 3. The predicted octanol–water partition coefficient (Wildman–Crippen LogP) is 5.59. The Kier molecular flexibility index (Phi) is 10.2. The van der Waals surface area contributed by atoms with E-state index in [2.05, 4.69) is 29.3 Å². The van der Waals surface area contributed by atoms with E-state index < -0.39 is 30.3 Å². The van der Waals surface area contributed by atoms with Crippen molar-refractivity contribution in [2.45, 2.75) is 63.6 Å². The first-order valence-corrected chi connectivity index (χ1v) is 15.0. The number of rotatable bonds is 9. The number of nitrogens with zero attached hydrogens (tertiary/aromatic N) is 2. The fourth-order valence-corrected chi connectivity index (χ4v) is 6.03. The Hall–Kier alpha value is -3.77. The van der Waals surface area contributed by atoms with E-state index in [4.69, 9.17) is 9.47 Å². The number of halogens is 3. The van der Waals surface area contributed by atoms with Gasteiger partial charge in [0.2, 0.25) is 5.91 Å². The fourth-order valence-electron chi connectivity index (χ4n) is 6.03. The molecule has 2 aliphatic heterocycles. The first-order valence-electron chi connectivity index (χ1n) is 15.0. The third-order valence-corrected chi connectivity index (χ3v) is 8.40. The number of likely N-dealkylation sites (tertiary alicyclic amines) is 1. The molecule has 0 aliphatic carbocycles. The maximum atomic E-state index is 13.1. The number of aliphatic hydroxyl groups is 1. The molecule has 2 aliphatic rings. The first-order chi connectivity index (χ1) is 21.5. The van der Waals surface area contributed by atoms with Crippen LogP contribution in [0.15, 0.2) is 78.9 Å². The zero-order chi connectivity index (χ0) is 32.1. The van der Waals surface area contributed by atoms with Gasteiger partial charge in [0.15, 0.2) is 6.29 Å². The average molecular weight is 626 g/mol. The molecule has 2 amide bonds. The molecule has 2 saturated heterocycles. The summed E-state index contributed by atoms with van der Waals surface area (Å²) < 4.78 is 52.4. The second kappa shape index (κ2) is 14.1. The molecule has 5 atom stereocenters. The van der Waals surface area contributed by atoms with Gasteiger partial charge in [0.1, 0.15) is 6.04 Å². The minimum absolute atomic E-state index is 0.0399. The molecule has 0 unspecified atom stereocenters. The number of amides is 2. The molecule has 45 heavy (non-hydrogen) atoms. The summed E-state index contributed by atoms with van der Waals surface area (Å²) in [6.45, 7) is 3.22. The minimum Gasteiger partial charge on any atom is -0.392 e. The standard InChI is InChI=1S/C34H38F3N3O5/c1-22-29(20-39(2)19-23-8-4-3-5-9-23)44-32(45-30(22)25-15-13-24(21-41)14-16-25)26-10-6-11-27(18-26)38-31(42)28-12-7-17-40(28)33(43)34(35,36)37/h3-6,8-11,13-16,18,22,28-30,32,41H,7,12,17,19-21H2,1-2H3,(H,38,42)/t22-,28-,29+,30+,32+/m0/s1. The van der Waals surface area contributed by atoms with Crippen LogP contribution in [-0.4, -0.2) is 65.2 Å². The van der Waals surface area contributed by atoms with Crippen molar-refractivity contribution in [2.75, 3.05) is 25.5 Å². The van der Waals surface area contributed by atoms with Gasteiger partial charge in [-0.15, -0.1) is 0 Å². The molecular formula is C34H38F3N3O5. The van der Waals surface area contributed by atoms with Crippen LogP contribution in [0.4, 0.5) is 18.9 Å². The van der Waals surface area contributed by atoms with E-state index in [1.165, 1.54) is 5.56 Å². The number of anilines is 1. The van der Waals surface area contributed by atoms with Crippen LogP contribution in [0.2, 0.25) is 0 Å². The van der Waals surface area contributed by atoms with Gasteiger partial charge in [0.05, 0.1) is 18.8 Å². The van der Waals surface area contributed by atoms with E-state index >= 15 is 0 Å². The Balaban J connectivity index is 1.35. The Morgan fingerprint density at radius 1 is 0.978 bits per heavy atom. The van der Waals surface area contributed by atoms with Crippen molar-refractivity contribution in [3.05, 3.63) is 101 Å². The smallest absolute Gasteiger partial charge is 0.392 e. The number of carbonyl (C=O) groups excluding carboxylic acids is 2. The minimum atomic E-state index is -5.05. The number of hydrogen-bond acceptors (Lipinski definition) is 6. The molecule has 0 radical (unpaired) electrons. The average Bonchev–Trinajstić information content (AvgIpc) is 3.52. The SMILES string of the molecule is C[C@H]1[C@@H](CN(C)Cc2ccccc2)O[C@@H](c2cccc(NC(=O)[C@@H]3CCCN3C(=O)C(F)(F)F)c2)O[C@H]1c1ccc(CO)cc1. The Morgan fingerprint density at radius 3 is 2.40 bits per heavy atom. The number of aliphatic hydroxyl groups excluding tert-OH is 1. The van der Waals surface area contributed by atoms with Crippen molar-refractivity contribution in [1.29, 1.82) is 0 Å². The molecule has 0 spiro atoms. The number of carbonyl (C=O) groups is 2. The van der Waals surface area contributed by atoms with Gasteiger partial charge in [-0.2, -0.15) is 13.2 Å². The third kappa shape index (κ3) is 7.91. The molecular weight excluding hydrogens is 587 g/mol. The molecule has 3 aromatic rings. The van der Waals surface area contributed by atoms with Crippen molar-refractivity contribution in [2.24, 2.45) is 5.92 Å². The molecule has 0 bridgehead atoms. The highest BCUT2D eigenvalue weighted by Gasteiger charge is 2.47. The first kappa shape index (κ1) is 32.6. The molecule has 5 rings (SSSR count). The van der Waals surface area contributed by atoms with Crippen LogP contribution in [0, 0.1) is 5.92 Å². The van der Waals surface area contributed by atoms with E-state index in [9.17, 15) is 27.9 Å². The van der Waals surface area contributed by atoms with Crippen molar-refractivity contribution < 1.29 is 37.3 Å². The number of nitrogens with one attached hydrogen (secondary N) is 1. The van der Waals surface area contributed by atoms with Gasteiger partial charge in [-0.3, -0.25) is 14.5 Å². The molecule has 2 heterocycles. The highest BCUT2D eigenvalue weighted by Crippen LogP contribution is 2.42. The van der Waals surface area contributed by atoms with Crippen LogP contribution >= 0.6 is 0 Å². The third-order valence-electron chi connectivity index (χ3n) is 8.40. The van der Waals surface area contributed by atoms with Gasteiger partial charge in [0, 0.05) is 36.8 Å². The summed E-state index contributed by atoms with van der Waals surface area (Å²) in [4.78, 5) is 27.7. The summed E-state index contributed by atoms with van der Waals surface area (Å²) >= 11 is 0. The summed E-state index contributed by atoms with van der Waals surface area (Å²) in [5.41, 5.74) is 3.88. The molecule has 11 heteroatoms. The zero-order valence-electron chi connectivity index (χ0n) is 25.2. The van der Waals surface area contributed by atoms with Crippen molar-refractivity contribution >= 4 is 17.5 Å². The van der Waals surface area contributed by atoms with Crippen molar-refractivity contribution in [3.63, 3.8) is 0 Å². The van der Waals surface area contributed by atoms with Crippen molar-refractivity contribution in [1.82, 2.24) is 9.80 Å². The molecule has 240 valence electrons. The van der Waals surface area contributed by atoms with Gasteiger partial charge < -0.3 is 24.8 Å². The van der Waals surface area contributed by atoms with Gasteiger partial charge in [-0.25, -0.2) is 0 Å². The lowest BCUT2D eigenvalue weighted by molar-refractivity contribution is -0.276. The largest absolute Gasteiger partial charge is 0.471 e. The van der Waals surface area contributed by atoms with Crippen LogP contribution in [0.1, 0.15) is 54.4 Å². The maximum Gasteiger partial charge on any atom is 0.471 e. The Labute approximate surface area is 260 Å². The lowest BCUT2D eigenvalue weighted by Gasteiger charge is -2.42. The monoisotopic (exact) mass is 625 g/mol. The van der Waals surface area contributed by atoms with Gasteiger partial charge in [0.25, 0.3) is 0 Å². The quantitative estimate of drug-likeness (QED) is 0.322. The van der Waals surface area contributed by atoms with Gasteiger partial charge in [-0.1, -0.05) is 73.7 Å². The van der Waals surface area contributed by atoms with Crippen LogP contribution in [0.25, 0.3) is 0 Å². The van der Waals surface area contributed by atoms with Crippen LogP contribution in [0.5, 0.6) is 0 Å². The van der Waals surface area contributed by atoms with Crippen molar-refractivity contribution in [3.8, 4) is 0 Å². The highest BCUT2D eigenvalue weighted by molar-refractivity contribution is 5.98. The number of ether oxygens (including phenoxy) is 2. The van der Waals surface area contributed by atoms with E-state index in [-0.39, 0.29) is 37.7 Å². The summed E-state index contributed by atoms with van der Waals surface area (Å²) in [6, 6.07) is 23.3. The van der Waals surface area contributed by atoms with E-state index in [0.717, 1.165) is 17.7 Å². The lowest BCUT2D eigenvalue weighted by atomic mass is 9.90. The second-order valence-electron chi connectivity index (χ2n) is 11.8. The number of benzene rings is 3. The lowest BCUT2D eigenvalue weighted by Crippen LogP contribution is -2.48. The molecule has 2 N–H and O–H groups in total. The fraction of sp³-hybridized carbons (Fsp3) is 0.412. The Bertz CT molecular complexity index is 1450. The molecule has 0 saturated carbocycles. The summed E-state index contributed by atoms with van der Waals surface area (Å²) in [5, 5.41) is 12.2. The number of hydrogen-bond donors (Lipinski definition) is 2. The van der Waals surface area contributed by atoms with Gasteiger partial charge >= 0.3 is 12.1 Å². The normalized spacial score (nSPS) is 23.7. The van der Waals surface area contributed by atoms with Crippen LogP contribution in [-0.2, 0) is 32.2 Å². The Morgan fingerprint density at radius 2 is 1.71 bits per heavy atom. The predicted molar refractivity (Wildman–Crippen MR) is 162 cm³/mol. The number of likely N-dealkylation sites (N-methyl/N-ethyl adjacent to an activating group) is 1. The molecule has 2 fully saturated rings. The van der Waals surface area contributed by atoms with E-state index in [0.29, 0.717) is 29.1 Å². The summed E-state index contributed by atoms with van der Waals surface area (Å²) in [7, 11) is 2.03. The maximum absolute atomic E-state index is 13.1.